The summed E-state index contributed by atoms with van der Waals surface area (Å²) in [6, 6.07) is 0.567. The largest absolute Gasteiger partial charge is 0.674 e. The second kappa shape index (κ2) is 8.98. The molecule has 0 bridgehead atoms. The molecule has 103 valence electrons. The molecule has 0 aliphatic heterocycles. The summed E-state index contributed by atoms with van der Waals surface area (Å²) in [7, 11) is 0. The minimum absolute atomic E-state index is 0. The molecule has 0 aromatic carbocycles. The van der Waals surface area contributed by atoms with Crippen molar-refractivity contribution in [2.24, 2.45) is 17.8 Å². The van der Waals surface area contributed by atoms with Crippen molar-refractivity contribution < 1.29 is 44.1 Å². The first kappa shape index (κ1) is 18.9. The van der Waals surface area contributed by atoms with Crippen molar-refractivity contribution in [2.45, 2.75) is 65.5 Å². The maximum absolute atomic E-state index is 8.52. The van der Waals surface area contributed by atoms with Crippen molar-refractivity contribution in [2.75, 3.05) is 0 Å². The van der Waals surface area contributed by atoms with Crippen molar-refractivity contribution in [3.8, 4) is 0 Å². The van der Waals surface area contributed by atoms with Crippen LogP contribution in [-0.2, 0) is 0 Å². The van der Waals surface area contributed by atoms with Gasteiger partial charge in [0.1, 0.15) is 0 Å². The van der Waals surface area contributed by atoms with Crippen molar-refractivity contribution in [1.29, 1.82) is 0 Å². The molecule has 2 nitrogen and oxygen atoms in total. The van der Waals surface area contributed by atoms with Gasteiger partial charge >= 0.3 is 0 Å². The van der Waals surface area contributed by atoms with E-state index in [2.05, 4.69) is 32.7 Å². The number of hydrogen-bond acceptors (Lipinski definition) is 1. The van der Waals surface area contributed by atoms with E-state index in [9.17, 15) is 0 Å². The van der Waals surface area contributed by atoms with Gasteiger partial charge in [-0.05, 0) is 31.6 Å². The zero-order valence-corrected chi connectivity index (χ0v) is 17.2. The average Bonchev–Trinajstić information content (AvgIpc) is 2.60. The molecule has 1 aliphatic rings. The third-order valence-corrected chi connectivity index (χ3v) is 4.30. The first-order chi connectivity index (χ1) is 7.99. The summed E-state index contributed by atoms with van der Waals surface area (Å²) in [6.07, 6.45) is 4.67. The third-order valence-electron chi connectivity index (χ3n) is 4.30. The summed E-state index contributed by atoms with van der Waals surface area (Å²) in [5.41, 5.74) is 9.57. The number of hydrogen-bond donors (Lipinski definition) is 1. The van der Waals surface area contributed by atoms with E-state index in [0.717, 1.165) is 24.5 Å². The summed E-state index contributed by atoms with van der Waals surface area (Å²) < 4.78 is 0. The van der Waals surface area contributed by atoms with E-state index >= 15 is 0 Å². The molecule has 1 fully saturated rings. The second-order valence-electron chi connectivity index (χ2n) is 5.87. The van der Waals surface area contributed by atoms with Gasteiger partial charge in [-0.1, -0.05) is 46.1 Å². The van der Waals surface area contributed by atoms with E-state index < -0.39 is 0 Å². The van der Waals surface area contributed by atoms with Crippen LogP contribution in [0.2, 0.25) is 0 Å². The van der Waals surface area contributed by atoms with E-state index in [1.54, 1.807) is 0 Å². The zero-order chi connectivity index (χ0) is 13.0. The fourth-order valence-corrected chi connectivity index (χ4v) is 3.36. The first-order valence-electron chi connectivity index (χ1n) is 7.12. The van der Waals surface area contributed by atoms with E-state index in [1.165, 1.54) is 12.8 Å². The first-order valence-corrected chi connectivity index (χ1v) is 7.12. The van der Waals surface area contributed by atoms with Crippen LogP contribution in [0, 0.1) is 61.8 Å². The SMILES string of the molecule is C=C(C)NC1CC(C)CC1C([NH-])C(CC)CC.[Ac]. The third kappa shape index (κ3) is 5.14. The number of allylic oxidation sites excluding steroid dienone is 1. The summed E-state index contributed by atoms with van der Waals surface area (Å²) in [5, 5.41) is 3.49. The van der Waals surface area contributed by atoms with Gasteiger partial charge in [0.15, 0.2) is 0 Å². The van der Waals surface area contributed by atoms with Crippen LogP contribution in [0.25, 0.3) is 5.73 Å². The molecule has 4 atom stereocenters. The standard InChI is InChI=1S/C15H29N2.Ac/c1-6-12(7-2)15(16)13-8-11(5)9-14(13)17-10(3)4;/h11-17H,3,6-9H2,1-2,4-5H3;/q-1;. The van der Waals surface area contributed by atoms with E-state index in [0.29, 0.717) is 17.9 Å². The Morgan fingerprint density at radius 1 is 1.33 bits per heavy atom. The number of nitrogens with one attached hydrogen (secondary N) is 2. The van der Waals surface area contributed by atoms with Gasteiger partial charge in [-0.25, -0.2) is 0 Å². The summed E-state index contributed by atoms with van der Waals surface area (Å²) >= 11 is 0. The molecule has 1 radical (unpaired) electrons. The predicted molar refractivity (Wildman–Crippen MR) is 75.8 cm³/mol. The minimum Gasteiger partial charge on any atom is -0.674 e. The van der Waals surface area contributed by atoms with Gasteiger partial charge in [0.25, 0.3) is 0 Å². The molecule has 1 aliphatic carbocycles. The predicted octanol–water partition coefficient (Wildman–Crippen LogP) is 4.38. The van der Waals surface area contributed by atoms with E-state index in [-0.39, 0.29) is 50.1 Å². The Labute approximate surface area is 149 Å². The molecule has 3 heteroatoms. The van der Waals surface area contributed by atoms with Gasteiger partial charge in [0.05, 0.1) is 0 Å². The van der Waals surface area contributed by atoms with Gasteiger partial charge in [0, 0.05) is 55.8 Å². The number of rotatable bonds is 6. The quantitative estimate of drug-likeness (QED) is 0.623. The molecule has 0 saturated heterocycles. The Morgan fingerprint density at radius 2 is 1.89 bits per heavy atom. The molecule has 0 aromatic rings. The molecule has 4 unspecified atom stereocenters. The molecular formula is C15H29AcN2-. The molecule has 1 rings (SSSR count). The Balaban J connectivity index is 0.00000289. The zero-order valence-electron chi connectivity index (χ0n) is 12.5. The molecule has 1 saturated carbocycles. The monoisotopic (exact) mass is 464 g/mol. The van der Waals surface area contributed by atoms with Crippen LogP contribution in [0.15, 0.2) is 12.3 Å². The summed E-state index contributed by atoms with van der Waals surface area (Å²) in [5.74, 6) is 1.81. The topological polar surface area (TPSA) is 35.8 Å². The summed E-state index contributed by atoms with van der Waals surface area (Å²) in [4.78, 5) is 0. The molecule has 0 spiro atoms. The van der Waals surface area contributed by atoms with Crippen molar-refractivity contribution >= 4 is 0 Å². The fraction of sp³-hybridized carbons (Fsp3) is 0.867. The van der Waals surface area contributed by atoms with Crippen LogP contribution in [0.4, 0.5) is 0 Å². The van der Waals surface area contributed by atoms with E-state index in [1.807, 2.05) is 6.92 Å². The van der Waals surface area contributed by atoms with Crippen LogP contribution in [-0.4, -0.2) is 12.1 Å². The van der Waals surface area contributed by atoms with Crippen LogP contribution in [0.3, 0.4) is 0 Å². The van der Waals surface area contributed by atoms with Crippen LogP contribution in [0.5, 0.6) is 0 Å². The van der Waals surface area contributed by atoms with Crippen molar-refractivity contribution in [3.05, 3.63) is 18.0 Å². The van der Waals surface area contributed by atoms with Crippen LogP contribution >= 0.6 is 0 Å². The maximum atomic E-state index is 8.52. The maximum Gasteiger partial charge on any atom is 0.0274 e. The molecule has 0 heterocycles. The fourth-order valence-electron chi connectivity index (χ4n) is 3.36. The van der Waals surface area contributed by atoms with Gasteiger partial charge in [-0.15, -0.1) is 6.04 Å². The second-order valence-corrected chi connectivity index (χ2v) is 5.87. The minimum atomic E-state index is 0. The molecule has 0 aromatic heterocycles. The molecule has 18 heavy (non-hydrogen) atoms. The smallest absolute Gasteiger partial charge is 0.0274 e. The van der Waals surface area contributed by atoms with Crippen LogP contribution < -0.4 is 5.32 Å². The summed E-state index contributed by atoms with van der Waals surface area (Å²) in [6.45, 7) is 12.7. The van der Waals surface area contributed by atoms with Gasteiger partial charge in [-0.2, -0.15) is 0 Å². The Hall–Kier alpha value is 0.942. The van der Waals surface area contributed by atoms with Gasteiger partial charge in [0.2, 0.25) is 0 Å². The Kier molecular flexibility index (Phi) is 9.45. The Bertz CT molecular complexity index is 251. The van der Waals surface area contributed by atoms with Crippen molar-refractivity contribution in [3.63, 3.8) is 0 Å². The normalized spacial score (nSPS) is 28.9. The molecule has 2 N–H and O–H groups in total. The van der Waals surface area contributed by atoms with Gasteiger partial charge < -0.3 is 11.1 Å². The van der Waals surface area contributed by atoms with Crippen molar-refractivity contribution in [1.82, 2.24) is 5.32 Å². The molecular weight excluding hydrogens is 435 g/mol. The molecule has 0 amide bonds. The van der Waals surface area contributed by atoms with Gasteiger partial charge in [-0.3, -0.25) is 0 Å². The van der Waals surface area contributed by atoms with Crippen LogP contribution in [0.1, 0.15) is 53.4 Å². The van der Waals surface area contributed by atoms with E-state index in [4.69, 9.17) is 5.73 Å². The Morgan fingerprint density at radius 3 is 2.33 bits per heavy atom. The average molecular weight is 464 g/mol.